The lowest BCUT2D eigenvalue weighted by Gasteiger charge is -2.30. The Morgan fingerprint density at radius 3 is 2.75 bits per heavy atom. The van der Waals surface area contributed by atoms with Gasteiger partial charge < -0.3 is 19.7 Å². The number of hydrogen-bond donors (Lipinski definition) is 1. The van der Waals surface area contributed by atoms with Crippen molar-refractivity contribution in [3.63, 3.8) is 0 Å². The summed E-state index contributed by atoms with van der Waals surface area (Å²) in [6.07, 6.45) is 4.98. The fraction of sp³-hybridized carbons (Fsp3) is 0.480. The van der Waals surface area contributed by atoms with Crippen LogP contribution in [0.2, 0.25) is 0 Å². The predicted octanol–water partition coefficient (Wildman–Crippen LogP) is 3.56. The van der Waals surface area contributed by atoms with Gasteiger partial charge in [-0.25, -0.2) is 0 Å². The number of hydrogen-bond acceptors (Lipinski definition) is 5. The van der Waals surface area contributed by atoms with Gasteiger partial charge in [0.2, 0.25) is 5.91 Å². The van der Waals surface area contributed by atoms with E-state index in [9.17, 15) is 9.59 Å². The molecule has 1 fully saturated rings. The smallest absolute Gasteiger partial charge is 0.261 e. The number of aromatic nitrogens is 1. The molecule has 0 saturated carbocycles. The normalized spacial score (nSPS) is 16.1. The van der Waals surface area contributed by atoms with Crippen LogP contribution < -0.4 is 14.8 Å². The zero-order chi connectivity index (χ0) is 22.9. The first-order chi connectivity index (χ1) is 15.5. The molecule has 0 unspecified atom stereocenters. The maximum absolute atomic E-state index is 13.2. The molecule has 1 aliphatic heterocycles. The Kier molecular flexibility index (Phi) is 8.48. The van der Waals surface area contributed by atoms with Crippen LogP contribution in [0.5, 0.6) is 11.5 Å². The van der Waals surface area contributed by atoms with Crippen LogP contribution in [0.3, 0.4) is 0 Å². The standard InChI is InChI=1S/C25H33N3O4/c1-4-13-31-23-11-9-20(14-18(23)2)16-28(22-7-5-6-12-26-25(22)30)24(29)17-32-21-10-8-19(3)27-15-21/h8-11,14-15,22H,4-7,12-13,16-17H2,1-3H3,(H,26,30)/t22-/m0/s1. The predicted molar refractivity (Wildman–Crippen MR) is 123 cm³/mol. The lowest BCUT2D eigenvalue weighted by atomic mass is 10.1. The second-order valence-electron chi connectivity index (χ2n) is 8.20. The molecule has 7 heteroatoms. The van der Waals surface area contributed by atoms with E-state index in [-0.39, 0.29) is 18.4 Å². The van der Waals surface area contributed by atoms with Crippen molar-refractivity contribution in [3.8, 4) is 11.5 Å². The van der Waals surface area contributed by atoms with Crippen molar-refractivity contribution in [2.45, 2.75) is 59.0 Å². The molecule has 172 valence electrons. The Morgan fingerprint density at radius 2 is 2.03 bits per heavy atom. The molecule has 2 aromatic rings. The SMILES string of the molecule is CCCOc1ccc(CN(C(=O)COc2ccc(C)nc2)[C@H]2CCCCNC2=O)cc1C. The molecule has 0 bridgehead atoms. The minimum Gasteiger partial charge on any atom is -0.493 e. The quantitative estimate of drug-likeness (QED) is 0.646. The van der Waals surface area contributed by atoms with Gasteiger partial charge in [-0.1, -0.05) is 19.1 Å². The van der Waals surface area contributed by atoms with E-state index in [4.69, 9.17) is 9.47 Å². The summed E-state index contributed by atoms with van der Waals surface area (Å²) in [6, 6.07) is 9.02. The Labute approximate surface area is 190 Å². The van der Waals surface area contributed by atoms with Crippen molar-refractivity contribution in [2.75, 3.05) is 19.8 Å². The number of nitrogens with zero attached hydrogens (tertiary/aromatic N) is 2. The minimum atomic E-state index is -0.513. The highest BCUT2D eigenvalue weighted by atomic mass is 16.5. The number of amides is 2. The van der Waals surface area contributed by atoms with Gasteiger partial charge in [-0.05, 0) is 68.9 Å². The third-order valence-electron chi connectivity index (χ3n) is 5.50. The van der Waals surface area contributed by atoms with E-state index >= 15 is 0 Å². The second kappa shape index (κ2) is 11.5. The van der Waals surface area contributed by atoms with Crippen molar-refractivity contribution in [2.24, 2.45) is 0 Å². The second-order valence-corrected chi connectivity index (χ2v) is 8.20. The molecule has 1 aliphatic rings. The number of carbonyl (C=O) groups excluding carboxylic acids is 2. The first-order valence-corrected chi connectivity index (χ1v) is 11.3. The van der Waals surface area contributed by atoms with Crippen molar-refractivity contribution in [1.29, 1.82) is 0 Å². The van der Waals surface area contributed by atoms with Crippen LogP contribution in [0.4, 0.5) is 0 Å². The Hall–Kier alpha value is -3.09. The van der Waals surface area contributed by atoms with Crippen LogP contribution in [0.15, 0.2) is 36.5 Å². The van der Waals surface area contributed by atoms with Crippen LogP contribution in [0.25, 0.3) is 0 Å². The summed E-state index contributed by atoms with van der Waals surface area (Å²) in [4.78, 5) is 31.8. The molecule has 1 saturated heterocycles. The fourth-order valence-electron chi connectivity index (χ4n) is 3.74. The van der Waals surface area contributed by atoms with Gasteiger partial charge >= 0.3 is 0 Å². The number of aryl methyl sites for hydroxylation is 2. The lowest BCUT2D eigenvalue weighted by Crippen LogP contribution is -2.49. The Morgan fingerprint density at radius 1 is 1.19 bits per heavy atom. The van der Waals surface area contributed by atoms with Gasteiger partial charge in [-0.2, -0.15) is 0 Å². The molecule has 3 rings (SSSR count). The third kappa shape index (κ3) is 6.45. The summed E-state index contributed by atoms with van der Waals surface area (Å²) >= 11 is 0. The molecule has 0 aliphatic carbocycles. The van der Waals surface area contributed by atoms with E-state index in [1.807, 2.05) is 38.1 Å². The van der Waals surface area contributed by atoms with E-state index in [1.54, 1.807) is 17.2 Å². The highest BCUT2D eigenvalue weighted by molar-refractivity contribution is 5.88. The highest BCUT2D eigenvalue weighted by Crippen LogP contribution is 2.23. The topological polar surface area (TPSA) is 80.8 Å². The molecule has 32 heavy (non-hydrogen) atoms. The van der Waals surface area contributed by atoms with Gasteiger partial charge in [0.25, 0.3) is 5.91 Å². The molecule has 7 nitrogen and oxygen atoms in total. The van der Waals surface area contributed by atoms with Gasteiger partial charge in [-0.3, -0.25) is 14.6 Å². The lowest BCUT2D eigenvalue weighted by molar-refractivity contribution is -0.142. The van der Waals surface area contributed by atoms with E-state index in [1.165, 1.54) is 0 Å². The number of benzene rings is 1. The van der Waals surface area contributed by atoms with Crippen molar-refractivity contribution < 1.29 is 19.1 Å². The zero-order valence-electron chi connectivity index (χ0n) is 19.2. The molecule has 1 aromatic carbocycles. The minimum absolute atomic E-state index is 0.104. The summed E-state index contributed by atoms with van der Waals surface area (Å²) < 4.78 is 11.4. The first-order valence-electron chi connectivity index (χ1n) is 11.3. The number of ether oxygens (including phenoxy) is 2. The van der Waals surface area contributed by atoms with Crippen LogP contribution in [-0.2, 0) is 16.1 Å². The molecular formula is C25H33N3O4. The largest absolute Gasteiger partial charge is 0.493 e. The summed E-state index contributed by atoms with van der Waals surface area (Å²) in [5.74, 6) is 1.04. The maximum Gasteiger partial charge on any atom is 0.261 e. The molecular weight excluding hydrogens is 406 g/mol. The fourth-order valence-corrected chi connectivity index (χ4v) is 3.74. The van der Waals surface area contributed by atoms with Gasteiger partial charge in [0.15, 0.2) is 6.61 Å². The van der Waals surface area contributed by atoms with Crippen LogP contribution in [-0.4, -0.2) is 47.5 Å². The highest BCUT2D eigenvalue weighted by Gasteiger charge is 2.31. The molecule has 2 amide bonds. The van der Waals surface area contributed by atoms with E-state index in [0.29, 0.717) is 31.9 Å². The molecule has 0 radical (unpaired) electrons. The Balaban J connectivity index is 1.77. The van der Waals surface area contributed by atoms with Crippen LogP contribution in [0.1, 0.15) is 49.4 Å². The van der Waals surface area contributed by atoms with Crippen LogP contribution in [0, 0.1) is 13.8 Å². The molecule has 1 N–H and O–H groups in total. The monoisotopic (exact) mass is 439 g/mol. The first kappa shape index (κ1) is 23.6. The molecule has 1 aromatic heterocycles. The maximum atomic E-state index is 13.2. The summed E-state index contributed by atoms with van der Waals surface area (Å²) in [5, 5.41) is 2.94. The number of pyridine rings is 1. The number of nitrogens with one attached hydrogen (secondary N) is 1. The van der Waals surface area contributed by atoms with Gasteiger partial charge in [-0.15, -0.1) is 0 Å². The summed E-state index contributed by atoms with van der Waals surface area (Å²) in [5.41, 5.74) is 2.84. The van der Waals surface area contributed by atoms with E-state index in [0.717, 1.165) is 41.8 Å². The number of carbonyl (C=O) groups is 2. The average molecular weight is 440 g/mol. The molecule has 0 spiro atoms. The number of rotatable bonds is 9. The molecule has 1 atom stereocenters. The average Bonchev–Trinajstić information content (AvgIpc) is 3.00. The summed E-state index contributed by atoms with van der Waals surface area (Å²) in [7, 11) is 0. The van der Waals surface area contributed by atoms with E-state index in [2.05, 4.69) is 17.2 Å². The van der Waals surface area contributed by atoms with Gasteiger partial charge in [0.1, 0.15) is 17.5 Å². The van der Waals surface area contributed by atoms with Crippen molar-refractivity contribution in [1.82, 2.24) is 15.2 Å². The van der Waals surface area contributed by atoms with Crippen LogP contribution >= 0.6 is 0 Å². The zero-order valence-corrected chi connectivity index (χ0v) is 19.2. The summed E-state index contributed by atoms with van der Waals surface area (Å²) in [6.45, 7) is 7.45. The molecule has 2 heterocycles. The van der Waals surface area contributed by atoms with E-state index < -0.39 is 6.04 Å². The van der Waals surface area contributed by atoms with Crippen molar-refractivity contribution >= 4 is 11.8 Å². The van der Waals surface area contributed by atoms with Crippen molar-refractivity contribution in [3.05, 3.63) is 53.3 Å². The van der Waals surface area contributed by atoms with Gasteiger partial charge in [0.05, 0.1) is 12.8 Å². The van der Waals surface area contributed by atoms with Gasteiger partial charge in [0, 0.05) is 18.8 Å². The third-order valence-corrected chi connectivity index (χ3v) is 5.50. The Bertz CT molecular complexity index is 914.